The molecule has 12 nitrogen and oxygen atoms in total. The van der Waals surface area contributed by atoms with E-state index in [1.54, 1.807) is 13.8 Å². The first-order valence-electron chi connectivity index (χ1n) is 19.8. The highest BCUT2D eigenvalue weighted by molar-refractivity contribution is 5.29. The van der Waals surface area contributed by atoms with Crippen LogP contribution in [0.4, 0.5) is 0 Å². The molecule has 8 rings (SSSR count). The highest BCUT2D eigenvalue weighted by atomic mass is 16.7. The Morgan fingerprint density at radius 2 is 1.39 bits per heavy atom. The normalized spacial score (nSPS) is 59.8. The highest BCUT2D eigenvalue weighted by Gasteiger charge is 2.69. The van der Waals surface area contributed by atoms with Crippen LogP contribution in [0.1, 0.15) is 92.9 Å². The van der Waals surface area contributed by atoms with Crippen LogP contribution in [0.2, 0.25) is 0 Å². The van der Waals surface area contributed by atoms with Crippen LogP contribution in [0.5, 0.6) is 0 Å². The van der Waals surface area contributed by atoms with Gasteiger partial charge in [0.15, 0.2) is 18.4 Å². The van der Waals surface area contributed by atoms with E-state index in [4.69, 9.17) is 28.4 Å². The third-order valence-electron chi connectivity index (χ3n) is 15.6. The molecule has 8 aliphatic rings. The number of hydrogen-bond acceptors (Lipinski definition) is 12. The average Bonchev–Trinajstić information content (AvgIpc) is 3.55. The van der Waals surface area contributed by atoms with Crippen molar-refractivity contribution in [3.05, 3.63) is 11.6 Å². The van der Waals surface area contributed by atoms with Crippen LogP contribution in [-0.4, -0.2) is 123 Å². The zero-order chi connectivity index (χ0) is 36.4. The van der Waals surface area contributed by atoms with Crippen molar-refractivity contribution < 1.29 is 59.1 Å². The minimum atomic E-state index is -1.45. The molecule has 0 radical (unpaired) electrons. The van der Waals surface area contributed by atoms with E-state index in [2.05, 4.69) is 33.8 Å². The SMILES string of the molecule is C[C@H]1CC[C@@]2(OC1)O[C@H]1C[C@H]3[C@@H]4CC=C5C[C@@H](O[C@@H]6O[C@@H](C)[C@H](O)[C@@H](O)[C@H]6O)C[C@@H](O[C@@H]6O[C@H](C)[C@H](O)[C@H](O)[C@H]6O)[C@]5(C)[C@H]4CC[C@]3(C)[C@H]1[C@H]2C. The molecule has 4 saturated heterocycles. The summed E-state index contributed by atoms with van der Waals surface area (Å²) < 4.78 is 38.5. The molecule has 0 amide bonds. The van der Waals surface area contributed by atoms with Crippen molar-refractivity contribution in [1.29, 1.82) is 0 Å². The smallest absolute Gasteiger partial charge is 0.186 e. The molecule has 0 aromatic rings. The molecule has 3 saturated carbocycles. The summed E-state index contributed by atoms with van der Waals surface area (Å²) in [4.78, 5) is 0. The van der Waals surface area contributed by atoms with E-state index >= 15 is 0 Å². The minimum Gasteiger partial charge on any atom is -0.388 e. The predicted molar refractivity (Wildman–Crippen MR) is 182 cm³/mol. The zero-order valence-corrected chi connectivity index (χ0v) is 31.0. The first-order chi connectivity index (χ1) is 24.1. The van der Waals surface area contributed by atoms with Crippen LogP contribution in [0.3, 0.4) is 0 Å². The molecular formula is C39H62O12. The Hall–Kier alpha value is -0.740. The van der Waals surface area contributed by atoms with Gasteiger partial charge in [0.1, 0.15) is 36.6 Å². The Balaban J connectivity index is 1.08. The number of aliphatic hydroxyl groups is 6. The van der Waals surface area contributed by atoms with Gasteiger partial charge in [0.2, 0.25) is 0 Å². The average molecular weight is 723 g/mol. The minimum absolute atomic E-state index is 0.119. The second kappa shape index (κ2) is 13.2. The fourth-order valence-electron chi connectivity index (χ4n) is 12.6. The van der Waals surface area contributed by atoms with Gasteiger partial charge in [-0.15, -0.1) is 0 Å². The molecule has 0 unspecified atom stereocenters. The molecule has 22 atom stereocenters. The fraction of sp³-hybridized carbons (Fsp3) is 0.949. The standard InChI is InChI=1S/C39H62O12/c1-17-9-12-39(46-16-17)18(2)28-26(51-39)15-25-23-8-7-21-13-22(49-35-33(44)31(42)29(40)19(3)47-35)14-27(38(21,6)24(23)10-11-37(25,28)5)50-36-34(45)32(43)30(41)20(4)48-36/h7,17-20,22-36,40-45H,8-16H2,1-6H3/t17-,18+,19-,20+,22+,23+,24-,25-,26-,27+,28-,29-,30-,31+,32-,33+,34+,35-,36-,37-,38-,39+/m0/s1. The van der Waals surface area contributed by atoms with Gasteiger partial charge in [-0.05, 0) is 87.4 Å². The van der Waals surface area contributed by atoms with Crippen LogP contribution < -0.4 is 0 Å². The fourth-order valence-corrected chi connectivity index (χ4v) is 12.6. The summed E-state index contributed by atoms with van der Waals surface area (Å²) >= 11 is 0. The Kier molecular flexibility index (Phi) is 9.62. The highest BCUT2D eigenvalue weighted by Crippen LogP contribution is 2.71. The van der Waals surface area contributed by atoms with Crippen LogP contribution in [0, 0.1) is 46.3 Å². The molecule has 4 heterocycles. The summed E-state index contributed by atoms with van der Waals surface area (Å²) in [6.45, 7) is 13.4. The van der Waals surface area contributed by atoms with Crippen molar-refractivity contribution in [3.63, 3.8) is 0 Å². The lowest BCUT2D eigenvalue weighted by atomic mass is 9.46. The van der Waals surface area contributed by atoms with Crippen LogP contribution in [0.25, 0.3) is 0 Å². The lowest BCUT2D eigenvalue weighted by Gasteiger charge is -2.61. The molecule has 6 N–H and O–H groups in total. The second-order valence-corrected chi connectivity index (χ2v) is 18.3. The van der Waals surface area contributed by atoms with Crippen molar-refractivity contribution in [2.45, 2.75) is 178 Å². The Morgan fingerprint density at radius 1 is 0.745 bits per heavy atom. The van der Waals surface area contributed by atoms with Gasteiger partial charge < -0.3 is 59.1 Å². The summed E-state index contributed by atoms with van der Waals surface area (Å²) in [6, 6.07) is 0. The number of rotatable bonds is 4. The quantitative estimate of drug-likeness (QED) is 0.234. The second-order valence-electron chi connectivity index (χ2n) is 18.3. The molecule has 51 heavy (non-hydrogen) atoms. The summed E-state index contributed by atoms with van der Waals surface area (Å²) in [7, 11) is 0. The van der Waals surface area contributed by atoms with Crippen molar-refractivity contribution >= 4 is 0 Å². The summed E-state index contributed by atoms with van der Waals surface area (Å²) in [5.41, 5.74) is 0.868. The predicted octanol–water partition coefficient (Wildman–Crippen LogP) is 2.39. The third kappa shape index (κ3) is 5.67. The van der Waals surface area contributed by atoms with Gasteiger partial charge in [-0.3, -0.25) is 0 Å². The third-order valence-corrected chi connectivity index (χ3v) is 15.6. The maximum Gasteiger partial charge on any atom is 0.186 e. The first kappa shape index (κ1) is 37.2. The van der Waals surface area contributed by atoms with Crippen molar-refractivity contribution in [3.8, 4) is 0 Å². The summed E-state index contributed by atoms with van der Waals surface area (Å²) in [5.74, 6) is 1.99. The Bertz CT molecular complexity index is 1320. The molecule has 290 valence electrons. The molecule has 4 aliphatic carbocycles. The monoisotopic (exact) mass is 722 g/mol. The number of hydrogen-bond donors (Lipinski definition) is 6. The van der Waals surface area contributed by atoms with Gasteiger partial charge in [0.05, 0.1) is 37.1 Å². The molecule has 7 fully saturated rings. The first-order valence-corrected chi connectivity index (χ1v) is 19.8. The van der Waals surface area contributed by atoms with E-state index in [0.29, 0.717) is 42.4 Å². The van der Waals surface area contributed by atoms with Gasteiger partial charge in [-0.1, -0.05) is 39.3 Å². The largest absolute Gasteiger partial charge is 0.388 e. The topological polar surface area (TPSA) is 177 Å². The van der Waals surface area contributed by atoms with Crippen molar-refractivity contribution in [2.24, 2.45) is 46.3 Å². The maximum atomic E-state index is 11.1. The van der Waals surface area contributed by atoms with Gasteiger partial charge in [0, 0.05) is 24.2 Å². The molecule has 0 bridgehead atoms. The number of fused-ring (bicyclic) bond motifs is 7. The van der Waals surface area contributed by atoms with E-state index in [1.165, 1.54) is 5.57 Å². The number of aliphatic hydroxyl groups excluding tert-OH is 6. The van der Waals surface area contributed by atoms with Crippen LogP contribution >= 0.6 is 0 Å². The maximum absolute atomic E-state index is 11.1. The van der Waals surface area contributed by atoms with E-state index in [9.17, 15) is 30.6 Å². The van der Waals surface area contributed by atoms with Gasteiger partial charge in [-0.2, -0.15) is 0 Å². The number of allylic oxidation sites excluding steroid dienone is 1. The zero-order valence-electron chi connectivity index (χ0n) is 31.0. The van der Waals surface area contributed by atoms with Gasteiger partial charge in [-0.25, -0.2) is 0 Å². The summed E-state index contributed by atoms with van der Waals surface area (Å²) in [6.07, 6.45) is -3.33. The van der Waals surface area contributed by atoms with Crippen LogP contribution in [-0.2, 0) is 28.4 Å². The van der Waals surface area contributed by atoms with E-state index in [1.807, 2.05) is 0 Å². The Labute approximate surface area is 301 Å². The van der Waals surface area contributed by atoms with E-state index < -0.39 is 84.8 Å². The van der Waals surface area contributed by atoms with Gasteiger partial charge in [0.25, 0.3) is 0 Å². The van der Waals surface area contributed by atoms with Crippen molar-refractivity contribution in [2.75, 3.05) is 6.61 Å². The lowest BCUT2D eigenvalue weighted by Crippen LogP contribution is -2.62. The Morgan fingerprint density at radius 3 is 2.02 bits per heavy atom. The van der Waals surface area contributed by atoms with E-state index in [-0.39, 0.29) is 17.4 Å². The molecule has 12 heteroatoms. The summed E-state index contributed by atoms with van der Waals surface area (Å²) in [5, 5.41) is 63.8. The molecule has 0 aromatic heterocycles. The molecule has 4 aliphatic heterocycles. The molecular weight excluding hydrogens is 660 g/mol. The van der Waals surface area contributed by atoms with Gasteiger partial charge >= 0.3 is 0 Å². The van der Waals surface area contributed by atoms with E-state index in [0.717, 1.165) is 45.1 Å². The molecule has 0 aromatic carbocycles. The lowest BCUT2D eigenvalue weighted by molar-refractivity contribution is -0.329. The van der Waals surface area contributed by atoms with Crippen molar-refractivity contribution in [1.82, 2.24) is 0 Å². The number of ether oxygens (including phenoxy) is 6. The van der Waals surface area contributed by atoms with Crippen LogP contribution in [0.15, 0.2) is 11.6 Å². The molecule has 1 spiro atoms.